The number of carbonyl (C=O) groups excluding carboxylic acids is 2. The smallest absolute Gasteiger partial charge is 0.270 e. The van der Waals surface area contributed by atoms with Gasteiger partial charge in [-0.25, -0.2) is 0 Å². The second-order valence-electron chi connectivity index (χ2n) is 6.41. The molecule has 1 saturated heterocycles. The molecule has 0 spiro atoms. The van der Waals surface area contributed by atoms with E-state index in [9.17, 15) is 9.59 Å². The fraction of sp³-hybridized carbons (Fsp3) is 0.350. The van der Waals surface area contributed by atoms with Crippen LogP contribution >= 0.6 is 11.6 Å². The molecule has 2 aromatic rings. The Kier molecular flexibility index (Phi) is 6.23. The van der Waals surface area contributed by atoms with E-state index >= 15 is 0 Å². The van der Waals surface area contributed by atoms with Gasteiger partial charge in [0.1, 0.15) is 5.69 Å². The third-order valence-electron chi connectivity index (χ3n) is 4.53. The van der Waals surface area contributed by atoms with Gasteiger partial charge in [0, 0.05) is 36.4 Å². The predicted molar refractivity (Wildman–Crippen MR) is 101 cm³/mol. The highest BCUT2D eigenvalue weighted by molar-refractivity contribution is 6.31. The number of aromatic nitrogens is 1. The van der Waals surface area contributed by atoms with Crippen LogP contribution in [0, 0.1) is 0 Å². The fourth-order valence-electron chi connectivity index (χ4n) is 3.05. The molecule has 0 bridgehead atoms. The number of hydrogen-bond donors (Lipinski definition) is 1. The van der Waals surface area contributed by atoms with Gasteiger partial charge in [-0.2, -0.15) is 0 Å². The van der Waals surface area contributed by atoms with E-state index in [2.05, 4.69) is 10.3 Å². The van der Waals surface area contributed by atoms with Crippen molar-refractivity contribution in [3.8, 4) is 0 Å². The molecular formula is C20H22ClN3O2. The van der Waals surface area contributed by atoms with E-state index in [4.69, 9.17) is 11.6 Å². The van der Waals surface area contributed by atoms with Gasteiger partial charge in [0.2, 0.25) is 0 Å². The van der Waals surface area contributed by atoms with Crippen molar-refractivity contribution in [1.82, 2.24) is 15.2 Å². The number of amides is 2. The number of carbonyl (C=O) groups is 2. The second-order valence-corrected chi connectivity index (χ2v) is 6.82. The summed E-state index contributed by atoms with van der Waals surface area (Å²) in [6, 6.07) is 10.6. The first-order valence-corrected chi connectivity index (χ1v) is 9.30. The Morgan fingerprint density at radius 1 is 1.08 bits per heavy atom. The highest BCUT2D eigenvalue weighted by atomic mass is 35.5. The van der Waals surface area contributed by atoms with Crippen molar-refractivity contribution >= 4 is 23.4 Å². The molecule has 5 nitrogen and oxygen atoms in total. The number of nitrogens with one attached hydrogen (secondary N) is 1. The van der Waals surface area contributed by atoms with Crippen LogP contribution in [0.4, 0.5) is 0 Å². The molecule has 1 aliphatic heterocycles. The first-order chi connectivity index (χ1) is 12.6. The second kappa shape index (κ2) is 8.81. The molecule has 0 radical (unpaired) electrons. The number of likely N-dealkylation sites (tertiary alicyclic amines) is 1. The van der Waals surface area contributed by atoms with Gasteiger partial charge in [-0.1, -0.05) is 42.6 Å². The Labute approximate surface area is 158 Å². The quantitative estimate of drug-likeness (QED) is 0.891. The number of pyridine rings is 1. The molecular weight excluding hydrogens is 350 g/mol. The van der Waals surface area contributed by atoms with Crippen molar-refractivity contribution in [2.24, 2.45) is 0 Å². The summed E-state index contributed by atoms with van der Waals surface area (Å²) in [6.45, 7) is 1.86. The molecule has 1 aromatic heterocycles. The zero-order chi connectivity index (χ0) is 18.4. The van der Waals surface area contributed by atoms with Crippen LogP contribution in [0.1, 0.15) is 52.1 Å². The van der Waals surface area contributed by atoms with Crippen LogP contribution in [0.3, 0.4) is 0 Å². The molecule has 136 valence electrons. The molecule has 1 N–H and O–H groups in total. The summed E-state index contributed by atoms with van der Waals surface area (Å²) in [5, 5.41) is 3.40. The van der Waals surface area contributed by atoms with Crippen LogP contribution in [-0.4, -0.2) is 34.8 Å². The summed E-state index contributed by atoms with van der Waals surface area (Å²) in [6.07, 6.45) is 5.89. The first kappa shape index (κ1) is 18.4. The molecule has 1 aromatic carbocycles. The van der Waals surface area contributed by atoms with E-state index in [1.807, 2.05) is 23.1 Å². The average Bonchev–Trinajstić information content (AvgIpc) is 2.96. The van der Waals surface area contributed by atoms with Gasteiger partial charge in [0.25, 0.3) is 11.8 Å². The fourth-order valence-corrected chi connectivity index (χ4v) is 3.25. The molecule has 1 aliphatic rings. The maximum atomic E-state index is 12.7. The van der Waals surface area contributed by atoms with Gasteiger partial charge < -0.3 is 10.2 Å². The van der Waals surface area contributed by atoms with Gasteiger partial charge in [-0.15, -0.1) is 0 Å². The molecule has 0 saturated carbocycles. The summed E-state index contributed by atoms with van der Waals surface area (Å²) in [4.78, 5) is 31.1. The Bertz CT molecular complexity index is 786. The van der Waals surface area contributed by atoms with E-state index in [-0.39, 0.29) is 17.5 Å². The third-order valence-corrected chi connectivity index (χ3v) is 4.90. The molecule has 3 rings (SSSR count). The number of hydrogen-bond acceptors (Lipinski definition) is 3. The van der Waals surface area contributed by atoms with E-state index in [1.165, 1.54) is 6.20 Å². The molecule has 6 heteroatoms. The Balaban J connectivity index is 1.67. The minimum Gasteiger partial charge on any atom is -0.347 e. The van der Waals surface area contributed by atoms with Crippen LogP contribution in [0.2, 0.25) is 5.02 Å². The topological polar surface area (TPSA) is 62.3 Å². The van der Waals surface area contributed by atoms with Crippen molar-refractivity contribution < 1.29 is 9.59 Å². The lowest BCUT2D eigenvalue weighted by Crippen LogP contribution is -2.32. The standard InChI is InChI=1S/C20H22ClN3O2/c21-17-8-4-3-7-16(17)14-23-19(25)18-13-15(9-10-22-18)20(26)24-11-5-1-2-6-12-24/h3-4,7-10,13H,1-2,5-6,11-12,14H2,(H,23,25). The van der Waals surface area contributed by atoms with Gasteiger partial charge in [0.05, 0.1) is 0 Å². The number of benzene rings is 1. The largest absolute Gasteiger partial charge is 0.347 e. The lowest BCUT2D eigenvalue weighted by atomic mass is 10.1. The maximum Gasteiger partial charge on any atom is 0.270 e. The number of halogens is 1. The molecule has 0 aliphatic carbocycles. The zero-order valence-electron chi connectivity index (χ0n) is 14.6. The summed E-state index contributed by atoms with van der Waals surface area (Å²) >= 11 is 6.10. The zero-order valence-corrected chi connectivity index (χ0v) is 15.3. The summed E-state index contributed by atoms with van der Waals surface area (Å²) < 4.78 is 0. The minimum atomic E-state index is -0.324. The predicted octanol–water partition coefficient (Wildman–Crippen LogP) is 3.68. The number of nitrogens with zero attached hydrogens (tertiary/aromatic N) is 2. The average molecular weight is 372 g/mol. The monoisotopic (exact) mass is 371 g/mol. The van der Waals surface area contributed by atoms with Gasteiger partial charge in [0.15, 0.2) is 0 Å². The highest BCUT2D eigenvalue weighted by Gasteiger charge is 2.19. The van der Waals surface area contributed by atoms with Crippen molar-refractivity contribution in [1.29, 1.82) is 0 Å². The Morgan fingerprint density at radius 2 is 1.81 bits per heavy atom. The van der Waals surface area contributed by atoms with Crippen molar-refractivity contribution in [2.75, 3.05) is 13.1 Å². The molecule has 2 amide bonds. The SMILES string of the molecule is O=C(NCc1ccccc1Cl)c1cc(C(=O)N2CCCCCC2)ccn1. The van der Waals surface area contributed by atoms with Crippen LogP contribution in [0.25, 0.3) is 0 Å². The molecule has 0 unspecified atom stereocenters. The van der Waals surface area contributed by atoms with E-state index in [1.54, 1.807) is 18.2 Å². The van der Waals surface area contributed by atoms with E-state index in [0.717, 1.165) is 44.3 Å². The Hall–Kier alpha value is -2.40. The maximum absolute atomic E-state index is 12.7. The lowest BCUT2D eigenvalue weighted by Gasteiger charge is -2.20. The minimum absolute atomic E-state index is 0.0329. The van der Waals surface area contributed by atoms with E-state index < -0.39 is 0 Å². The molecule has 2 heterocycles. The van der Waals surface area contributed by atoms with Gasteiger partial charge in [-0.05, 0) is 36.6 Å². The van der Waals surface area contributed by atoms with E-state index in [0.29, 0.717) is 17.1 Å². The van der Waals surface area contributed by atoms with Crippen molar-refractivity contribution in [3.63, 3.8) is 0 Å². The van der Waals surface area contributed by atoms with Crippen LogP contribution < -0.4 is 5.32 Å². The summed E-state index contributed by atoms with van der Waals surface area (Å²) in [5.41, 5.74) is 1.57. The van der Waals surface area contributed by atoms with Gasteiger partial charge in [-0.3, -0.25) is 14.6 Å². The lowest BCUT2D eigenvalue weighted by molar-refractivity contribution is 0.0761. The van der Waals surface area contributed by atoms with Crippen LogP contribution in [0.15, 0.2) is 42.6 Å². The first-order valence-electron chi connectivity index (χ1n) is 8.92. The van der Waals surface area contributed by atoms with Crippen LogP contribution in [-0.2, 0) is 6.54 Å². The summed E-state index contributed by atoms with van der Waals surface area (Å²) in [7, 11) is 0. The molecule has 1 fully saturated rings. The Morgan fingerprint density at radius 3 is 2.54 bits per heavy atom. The van der Waals surface area contributed by atoms with Gasteiger partial charge >= 0.3 is 0 Å². The molecule has 26 heavy (non-hydrogen) atoms. The van der Waals surface area contributed by atoms with Crippen molar-refractivity contribution in [3.05, 3.63) is 64.4 Å². The summed E-state index contributed by atoms with van der Waals surface area (Å²) in [5.74, 6) is -0.357. The molecule has 0 atom stereocenters. The number of rotatable bonds is 4. The third kappa shape index (κ3) is 4.61. The van der Waals surface area contributed by atoms with Crippen LogP contribution in [0.5, 0.6) is 0 Å². The normalized spacial score (nSPS) is 14.6. The van der Waals surface area contributed by atoms with Crippen molar-refractivity contribution in [2.45, 2.75) is 32.2 Å². The highest BCUT2D eigenvalue weighted by Crippen LogP contribution is 2.15.